The van der Waals surface area contributed by atoms with E-state index in [0.29, 0.717) is 23.5 Å². The number of aliphatic hydroxyl groups excluding tert-OH is 1. The van der Waals surface area contributed by atoms with E-state index in [4.69, 9.17) is 0 Å². The van der Waals surface area contributed by atoms with Gasteiger partial charge in [-0.25, -0.2) is 0 Å². The first-order valence-electron chi connectivity index (χ1n) is 9.83. The lowest BCUT2D eigenvalue weighted by molar-refractivity contribution is -0.129. The lowest BCUT2D eigenvalue weighted by Gasteiger charge is -2.48. The Bertz CT molecular complexity index is 758. The molecule has 0 radical (unpaired) electrons. The lowest BCUT2D eigenvalue weighted by Crippen LogP contribution is -2.42. The molecule has 0 aromatic heterocycles. The van der Waals surface area contributed by atoms with Gasteiger partial charge in [0.1, 0.15) is 5.78 Å². The maximum Gasteiger partial charge on any atom is 0.139 e. The largest absolute Gasteiger partial charge is 0.392 e. The summed E-state index contributed by atoms with van der Waals surface area (Å²) in [4.78, 5) is 12.5. The lowest BCUT2D eigenvalue weighted by atomic mass is 9.55. The zero-order chi connectivity index (χ0) is 18.5. The summed E-state index contributed by atoms with van der Waals surface area (Å²) < 4.78 is 0. The highest BCUT2D eigenvalue weighted by Crippen LogP contribution is 2.59. The third-order valence-corrected chi connectivity index (χ3v) is 7.13. The minimum atomic E-state index is -0.0861. The summed E-state index contributed by atoms with van der Waals surface area (Å²) in [6.07, 6.45) is 6.12. The number of Topliss-reactive ketones (excluding diaryl/α,β-unsaturated/α-hetero) is 1. The summed E-state index contributed by atoms with van der Waals surface area (Å²) in [7, 11) is 3.69. The second kappa shape index (κ2) is 6.45. The van der Waals surface area contributed by atoms with E-state index in [1.54, 1.807) is 5.01 Å². The summed E-state index contributed by atoms with van der Waals surface area (Å²) in [5, 5.41) is 19.9. The van der Waals surface area contributed by atoms with E-state index >= 15 is 0 Å². The predicted molar refractivity (Wildman–Crippen MR) is 100 cm³/mol. The molecule has 0 heterocycles. The molecule has 3 aliphatic rings. The van der Waals surface area contributed by atoms with Crippen molar-refractivity contribution in [2.45, 2.75) is 58.0 Å². The molecule has 1 N–H and O–H groups in total. The van der Waals surface area contributed by atoms with Crippen LogP contribution in [0.15, 0.2) is 22.5 Å². The van der Waals surface area contributed by atoms with Crippen molar-refractivity contribution in [2.24, 2.45) is 27.6 Å². The Labute approximate surface area is 155 Å². The van der Waals surface area contributed by atoms with E-state index in [-0.39, 0.29) is 12.0 Å². The third kappa shape index (κ3) is 2.68. The first-order valence-corrected chi connectivity index (χ1v) is 9.83. The van der Waals surface area contributed by atoms with Crippen LogP contribution in [0.3, 0.4) is 0 Å². The zero-order valence-corrected chi connectivity index (χ0v) is 16.0. The van der Waals surface area contributed by atoms with E-state index in [1.807, 2.05) is 14.1 Å². The molecule has 2 fully saturated rings. The fourth-order valence-corrected chi connectivity index (χ4v) is 5.79. The highest BCUT2D eigenvalue weighted by molar-refractivity contribution is 5.87. The van der Waals surface area contributed by atoms with Gasteiger partial charge < -0.3 is 5.11 Å². The number of carbonyl (C=O) groups is 1. The molecule has 4 rings (SSSR count). The van der Waals surface area contributed by atoms with E-state index in [9.17, 15) is 9.90 Å². The highest BCUT2D eigenvalue weighted by Gasteiger charge is 2.54. The molecule has 0 saturated heterocycles. The van der Waals surface area contributed by atoms with Gasteiger partial charge in [-0.05, 0) is 67.1 Å². The summed E-state index contributed by atoms with van der Waals surface area (Å²) >= 11 is 0. The van der Waals surface area contributed by atoms with Gasteiger partial charge in [-0.3, -0.25) is 9.80 Å². The minimum absolute atomic E-state index is 0.0155. The second-order valence-electron chi connectivity index (χ2n) is 8.71. The number of fused-ring (bicyclic) bond motifs is 5. The average Bonchev–Trinajstić information content (AvgIpc) is 2.94. The van der Waals surface area contributed by atoms with Crippen LogP contribution in [0.2, 0.25) is 0 Å². The number of benzene rings is 1. The molecule has 4 atom stereocenters. The number of ketones is 1. The topological polar surface area (TPSA) is 65.3 Å². The number of nitrogens with zero attached hydrogens (tertiary/aromatic N) is 3. The second-order valence-corrected chi connectivity index (χ2v) is 8.71. The summed E-state index contributed by atoms with van der Waals surface area (Å²) in [6, 6.07) is 4.29. The molecule has 0 spiro atoms. The molecule has 26 heavy (non-hydrogen) atoms. The van der Waals surface area contributed by atoms with Gasteiger partial charge in [-0.1, -0.05) is 18.2 Å². The number of aryl methyl sites for hydroxylation is 1. The van der Waals surface area contributed by atoms with Gasteiger partial charge in [0.15, 0.2) is 0 Å². The van der Waals surface area contributed by atoms with E-state index in [2.05, 4.69) is 29.4 Å². The SMILES string of the molecule is CN(C)N=Nc1cc2c(cc1CO)CCC1C2CCC2(C)C(=O)CCC12. The molecule has 140 valence electrons. The fraction of sp³-hybridized carbons (Fsp3) is 0.667. The number of hydrogen-bond donors (Lipinski definition) is 1. The van der Waals surface area contributed by atoms with Crippen LogP contribution in [0.4, 0.5) is 5.69 Å². The van der Waals surface area contributed by atoms with Crippen LogP contribution < -0.4 is 0 Å². The number of carbonyl (C=O) groups excluding carboxylic acids is 1. The molecule has 2 saturated carbocycles. The maximum atomic E-state index is 12.5. The Morgan fingerprint density at radius 1 is 1.23 bits per heavy atom. The van der Waals surface area contributed by atoms with Crippen LogP contribution in [-0.2, 0) is 17.8 Å². The monoisotopic (exact) mass is 355 g/mol. The minimum Gasteiger partial charge on any atom is -0.392 e. The first-order chi connectivity index (χ1) is 12.4. The van der Waals surface area contributed by atoms with Crippen LogP contribution in [-0.4, -0.2) is 30.0 Å². The van der Waals surface area contributed by atoms with Crippen molar-refractivity contribution in [2.75, 3.05) is 14.1 Å². The quantitative estimate of drug-likeness (QED) is 0.654. The summed E-state index contributed by atoms with van der Waals surface area (Å²) in [6.45, 7) is 2.20. The number of rotatable bonds is 3. The number of aliphatic hydroxyl groups is 1. The molecular weight excluding hydrogens is 326 g/mol. The molecule has 1 aromatic carbocycles. The van der Waals surface area contributed by atoms with Crippen molar-refractivity contribution in [1.29, 1.82) is 0 Å². The standard InChI is InChI=1S/C21H29N3O2/c1-21-9-8-15-16(18(21)6-7-20(21)26)5-4-13-10-14(12-25)19(11-17(13)15)22-23-24(2)3/h10-11,15-16,18,25H,4-9,12H2,1-3H3. The molecule has 5 heteroatoms. The molecule has 4 unspecified atom stereocenters. The number of hydrogen-bond acceptors (Lipinski definition) is 4. The van der Waals surface area contributed by atoms with Gasteiger partial charge in [0.25, 0.3) is 0 Å². The van der Waals surface area contributed by atoms with Crippen molar-refractivity contribution in [3.05, 3.63) is 28.8 Å². The smallest absolute Gasteiger partial charge is 0.139 e. The van der Waals surface area contributed by atoms with Gasteiger partial charge in [-0.2, -0.15) is 0 Å². The Morgan fingerprint density at radius 3 is 2.77 bits per heavy atom. The predicted octanol–water partition coefficient (Wildman–Crippen LogP) is 4.16. The van der Waals surface area contributed by atoms with Gasteiger partial charge in [-0.15, -0.1) is 5.11 Å². The molecule has 0 aliphatic heterocycles. The molecular formula is C21H29N3O2. The normalized spacial score (nSPS) is 33.1. The van der Waals surface area contributed by atoms with Crippen molar-refractivity contribution >= 4 is 11.5 Å². The van der Waals surface area contributed by atoms with Crippen LogP contribution in [0.25, 0.3) is 0 Å². The van der Waals surface area contributed by atoms with Crippen molar-refractivity contribution in [3.8, 4) is 0 Å². The Hall–Kier alpha value is -1.75. The summed E-state index contributed by atoms with van der Waals surface area (Å²) in [5.74, 6) is 2.14. The molecule has 0 bridgehead atoms. The molecule has 5 nitrogen and oxygen atoms in total. The van der Waals surface area contributed by atoms with E-state index in [1.165, 1.54) is 11.1 Å². The van der Waals surface area contributed by atoms with Gasteiger partial charge in [0, 0.05) is 31.5 Å². The molecule has 0 amide bonds. The fourth-order valence-electron chi connectivity index (χ4n) is 5.79. The van der Waals surface area contributed by atoms with E-state index < -0.39 is 0 Å². The third-order valence-electron chi connectivity index (χ3n) is 7.13. The molecule has 1 aromatic rings. The first kappa shape index (κ1) is 17.7. The van der Waals surface area contributed by atoms with Gasteiger partial charge >= 0.3 is 0 Å². The summed E-state index contributed by atoms with van der Waals surface area (Å²) in [5.41, 5.74) is 4.28. The van der Waals surface area contributed by atoms with Crippen molar-refractivity contribution in [3.63, 3.8) is 0 Å². The zero-order valence-electron chi connectivity index (χ0n) is 16.0. The van der Waals surface area contributed by atoms with Crippen LogP contribution in [0, 0.1) is 17.3 Å². The highest BCUT2D eigenvalue weighted by atomic mass is 16.3. The van der Waals surface area contributed by atoms with Crippen LogP contribution in [0.5, 0.6) is 0 Å². The van der Waals surface area contributed by atoms with E-state index in [0.717, 1.165) is 49.8 Å². The molecule has 3 aliphatic carbocycles. The van der Waals surface area contributed by atoms with Gasteiger partial charge in [0.05, 0.1) is 12.3 Å². The Morgan fingerprint density at radius 2 is 2.04 bits per heavy atom. The van der Waals surface area contributed by atoms with Crippen molar-refractivity contribution < 1.29 is 9.90 Å². The van der Waals surface area contributed by atoms with Crippen LogP contribution >= 0.6 is 0 Å². The maximum absolute atomic E-state index is 12.5. The van der Waals surface area contributed by atoms with Crippen molar-refractivity contribution in [1.82, 2.24) is 5.01 Å². The average molecular weight is 355 g/mol. The Kier molecular flexibility index (Phi) is 4.38. The Balaban J connectivity index is 1.71. The van der Waals surface area contributed by atoms with Crippen LogP contribution in [0.1, 0.15) is 61.6 Å². The van der Waals surface area contributed by atoms with Gasteiger partial charge in [0.2, 0.25) is 0 Å².